The van der Waals surface area contributed by atoms with Crippen LogP contribution in [-0.2, 0) is 24.3 Å². The Hall–Kier alpha value is -2.46. The first-order valence-corrected chi connectivity index (χ1v) is 11.0. The van der Waals surface area contributed by atoms with Crippen LogP contribution in [0, 0.1) is 0 Å². The maximum absolute atomic E-state index is 12.6. The average molecular weight is 455 g/mol. The van der Waals surface area contributed by atoms with Gasteiger partial charge in [0.15, 0.2) is 0 Å². The number of hydrogen-bond donors (Lipinski definition) is 3. The molecule has 2 rings (SSSR count). The minimum atomic E-state index is -4.03. The third kappa shape index (κ3) is 7.10. The number of carboxylic acids is 1. The molecule has 0 saturated carbocycles. The second-order valence-corrected chi connectivity index (χ2v) is 8.62. The first kappa shape index (κ1) is 23.8. The lowest BCUT2D eigenvalue weighted by molar-refractivity contribution is -0.139. The summed E-state index contributed by atoms with van der Waals surface area (Å²) in [5.74, 6) is -1.62. The molecule has 0 spiro atoms. The van der Waals surface area contributed by atoms with Crippen LogP contribution in [-0.4, -0.2) is 51.7 Å². The quantitative estimate of drug-likeness (QED) is 0.448. The molecule has 2 aromatic carbocycles. The van der Waals surface area contributed by atoms with Crippen molar-refractivity contribution in [1.29, 1.82) is 0 Å². The Balaban J connectivity index is 2.00. The van der Waals surface area contributed by atoms with Gasteiger partial charge in [0.1, 0.15) is 12.6 Å². The highest BCUT2D eigenvalue weighted by Crippen LogP contribution is 2.23. The molecule has 0 saturated heterocycles. The van der Waals surface area contributed by atoms with Crippen molar-refractivity contribution < 1.29 is 27.9 Å². The van der Waals surface area contributed by atoms with Gasteiger partial charge in [0.05, 0.1) is 4.90 Å². The first-order chi connectivity index (χ1) is 14.2. The van der Waals surface area contributed by atoms with Crippen LogP contribution >= 0.6 is 11.6 Å². The van der Waals surface area contributed by atoms with Crippen LogP contribution in [0.2, 0.25) is 5.02 Å². The van der Waals surface area contributed by atoms with Gasteiger partial charge in [-0.15, -0.1) is 0 Å². The number of hydrogen-bond acceptors (Lipinski definition) is 5. The molecular weight excluding hydrogens is 432 g/mol. The van der Waals surface area contributed by atoms with Gasteiger partial charge in [-0.2, -0.15) is 4.72 Å². The van der Waals surface area contributed by atoms with E-state index in [0.29, 0.717) is 5.02 Å². The van der Waals surface area contributed by atoms with Gasteiger partial charge in [-0.25, -0.2) is 8.42 Å². The number of sulfonamides is 1. The van der Waals surface area contributed by atoms with Crippen LogP contribution in [0.3, 0.4) is 0 Å². The number of rotatable bonds is 11. The van der Waals surface area contributed by atoms with E-state index >= 15 is 0 Å². The zero-order chi connectivity index (χ0) is 22.1. The number of nitrogens with one attached hydrogen (secondary N) is 2. The number of halogens is 1. The minimum Gasteiger partial charge on any atom is -0.480 e. The van der Waals surface area contributed by atoms with E-state index in [2.05, 4.69) is 14.8 Å². The molecule has 0 aromatic heterocycles. The van der Waals surface area contributed by atoms with E-state index in [0.717, 1.165) is 11.1 Å². The highest BCUT2D eigenvalue weighted by molar-refractivity contribution is 7.89. The number of carboxylic acid groups (broad SMARTS) is 1. The number of carbonyl (C=O) groups is 2. The van der Waals surface area contributed by atoms with E-state index in [9.17, 15) is 23.1 Å². The lowest BCUT2D eigenvalue weighted by Gasteiger charge is -2.15. The summed E-state index contributed by atoms with van der Waals surface area (Å²) in [5.41, 5.74) is 1.67. The summed E-state index contributed by atoms with van der Waals surface area (Å²) in [5, 5.41) is 12.5. The van der Waals surface area contributed by atoms with Crippen LogP contribution in [0.1, 0.15) is 12.8 Å². The summed E-state index contributed by atoms with van der Waals surface area (Å²) in [7, 11) is -2.65. The number of ether oxygens (including phenoxy) is 1. The molecule has 10 heteroatoms. The summed E-state index contributed by atoms with van der Waals surface area (Å²) in [6.45, 7) is 0.116. The number of aliphatic carboxylic acids is 1. The molecule has 0 fully saturated rings. The van der Waals surface area contributed by atoms with Gasteiger partial charge >= 0.3 is 5.97 Å². The Morgan fingerprint density at radius 3 is 2.17 bits per heavy atom. The van der Waals surface area contributed by atoms with Gasteiger partial charge in [0, 0.05) is 18.7 Å². The molecule has 0 bridgehead atoms. The highest BCUT2D eigenvalue weighted by Gasteiger charge is 2.25. The van der Waals surface area contributed by atoms with Gasteiger partial charge < -0.3 is 15.2 Å². The predicted octanol–water partition coefficient (Wildman–Crippen LogP) is 2.28. The number of amides is 1. The summed E-state index contributed by atoms with van der Waals surface area (Å²) in [6.07, 6.45) is 0.301. The van der Waals surface area contributed by atoms with Crippen LogP contribution in [0.15, 0.2) is 53.4 Å². The fourth-order valence-corrected chi connectivity index (χ4v) is 4.02. The van der Waals surface area contributed by atoms with Crippen molar-refractivity contribution in [3.63, 3.8) is 0 Å². The van der Waals surface area contributed by atoms with Crippen molar-refractivity contribution in [3.05, 3.63) is 53.6 Å². The summed E-state index contributed by atoms with van der Waals surface area (Å²) < 4.78 is 32.1. The molecule has 2 aromatic rings. The third-order valence-electron chi connectivity index (χ3n) is 4.20. The predicted molar refractivity (Wildman–Crippen MR) is 113 cm³/mol. The monoisotopic (exact) mass is 454 g/mol. The van der Waals surface area contributed by atoms with Crippen molar-refractivity contribution in [2.24, 2.45) is 0 Å². The van der Waals surface area contributed by atoms with Gasteiger partial charge in [-0.3, -0.25) is 9.59 Å². The van der Waals surface area contributed by atoms with E-state index in [1.807, 2.05) is 12.1 Å². The van der Waals surface area contributed by atoms with Crippen molar-refractivity contribution in [1.82, 2.24) is 10.0 Å². The van der Waals surface area contributed by atoms with E-state index in [1.165, 1.54) is 19.2 Å². The Morgan fingerprint density at radius 2 is 1.63 bits per heavy atom. The average Bonchev–Trinajstić information content (AvgIpc) is 2.71. The van der Waals surface area contributed by atoms with E-state index in [1.54, 1.807) is 24.3 Å². The molecule has 0 heterocycles. The second-order valence-electron chi connectivity index (χ2n) is 6.47. The molecule has 8 nitrogen and oxygen atoms in total. The SMILES string of the molecule is COCC(=O)NCCCC(NS(=O)(=O)c1ccc(-c2ccc(Cl)cc2)cc1)C(=O)O. The van der Waals surface area contributed by atoms with Crippen molar-refractivity contribution in [3.8, 4) is 11.1 Å². The Bertz CT molecular complexity index is 962. The van der Waals surface area contributed by atoms with Crippen molar-refractivity contribution in [2.75, 3.05) is 20.3 Å². The van der Waals surface area contributed by atoms with Gasteiger partial charge in [-0.05, 0) is 48.2 Å². The zero-order valence-corrected chi connectivity index (χ0v) is 17.9. The molecular formula is C20H23ClN2O6S. The Labute approximate surface area is 180 Å². The minimum absolute atomic E-state index is 0.0185. The van der Waals surface area contributed by atoms with E-state index < -0.39 is 22.0 Å². The largest absolute Gasteiger partial charge is 0.480 e. The second kappa shape index (κ2) is 11.1. The molecule has 162 valence electrons. The number of carbonyl (C=O) groups excluding carboxylic acids is 1. The summed E-state index contributed by atoms with van der Waals surface area (Å²) in [4.78, 5) is 22.7. The number of methoxy groups -OCH3 is 1. The molecule has 3 N–H and O–H groups in total. The molecule has 1 atom stereocenters. The topological polar surface area (TPSA) is 122 Å². The van der Waals surface area contributed by atoms with E-state index in [4.69, 9.17) is 11.6 Å². The maximum atomic E-state index is 12.6. The van der Waals surface area contributed by atoms with Crippen LogP contribution in [0.5, 0.6) is 0 Å². The Morgan fingerprint density at radius 1 is 1.07 bits per heavy atom. The molecule has 1 amide bonds. The van der Waals surface area contributed by atoms with Gasteiger partial charge in [-0.1, -0.05) is 35.9 Å². The van der Waals surface area contributed by atoms with E-state index in [-0.39, 0.29) is 36.8 Å². The fourth-order valence-electron chi connectivity index (χ4n) is 2.67. The first-order valence-electron chi connectivity index (χ1n) is 9.09. The fraction of sp³-hybridized carbons (Fsp3) is 0.300. The smallest absolute Gasteiger partial charge is 0.321 e. The number of benzene rings is 2. The normalized spacial score (nSPS) is 12.3. The maximum Gasteiger partial charge on any atom is 0.321 e. The molecule has 0 aliphatic carbocycles. The van der Waals surface area contributed by atoms with Crippen molar-refractivity contribution >= 4 is 33.5 Å². The molecule has 0 aliphatic rings. The highest BCUT2D eigenvalue weighted by atomic mass is 35.5. The lowest BCUT2D eigenvalue weighted by Crippen LogP contribution is -2.41. The van der Waals surface area contributed by atoms with Crippen LogP contribution in [0.4, 0.5) is 0 Å². The Kier molecular flexibility index (Phi) is 8.79. The molecule has 30 heavy (non-hydrogen) atoms. The molecule has 0 radical (unpaired) electrons. The summed E-state index contributed by atoms with van der Waals surface area (Å²) >= 11 is 5.87. The zero-order valence-electron chi connectivity index (χ0n) is 16.3. The van der Waals surface area contributed by atoms with Gasteiger partial charge in [0.2, 0.25) is 15.9 Å². The molecule has 0 aliphatic heterocycles. The van der Waals surface area contributed by atoms with Crippen LogP contribution in [0.25, 0.3) is 11.1 Å². The molecule has 1 unspecified atom stereocenters. The van der Waals surface area contributed by atoms with Gasteiger partial charge in [0.25, 0.3) is 0 Å². The summed E-state index contributed by atoms with van der Waals surface area (Å²) in [6, 6.07) is 11.9. The lowest BCUT2D eigenvalue weighted by atomic mass is 10.1. The van der Waals surface area contributed by atoms with Crippen LogP contribution < -0.4 is 10.0 Å². The third-order valence-corrected chi connectivity index (χ3v) is 5.94. The standard InChI is InChI=1S/C20H23ClN2O6S/c1-29-13-19(24)22-12-2-3-18(20(25)26)23-30(27,28)17-10-6-15(7-11-17)14-4-8-16(21)9-5-14/h4-11,18,23H,2-3,12-13H2,1H3,(H,22,24)(H,25,26). The van der Waals surface area contributed by atoms with Crippen molar-refractivity contribution in [2.45, 2.75) is 23.8 Å².